The molecule has 0 saturated carbocycles. The Kier molecular flexibility index (Phi) is 4.94. The number of hydrogen-bond donors (Lipinski definition) is 1. The second-order valence-electron chi connectivity index (χ2n) is 5.22. The quantitative estimate of drug-likeness (QED) is 0.926. The molecule has 1 atom stereocenters. The van der Waals surface area contributed by atoms with Gasteiger partial charge in [-0.3, -0.25) is 9.59 Å². The number of likely N-dealkylation sites (tertiary alicyclic amines) is 1. The topological polar surface area (TPSA) is 73.2 Å². The Hall–Kier alpha value is -2.35. The molecule has 2 rings (SSSR count). The van der Waals surface area contributed by atoms with E-state index in [0.29, 0.717) is 24.2 Å². The maximum Gasteiger partial charge on any atom is 0.246 e. The summed E-state index contributed by atoms with van der Waals surface area (Å²) in [5.74, 6) is -0.225. The fourth-order valence-electron chi connectivity index (χ4n) is 2.48. The van der Waals surface area contributed by atoms with Crippen LogP contribution in [0.15, 0.2) is 24.3 Å². The summed E-state index contributed by atoms with van der Waals surface area (Å²) in [6.07, 6.45) is 3.35. The summed E-state index contributed by atoms with van der Waals surface area (Å²) in [7, 11) is 0. The van der Waals surface area contributed by atoms with Gasteiger partial charge in [0.2, 0.25) is 11.8 Å². The normalized spacial score (nSPS) is 16.8. The first-order valence-electron chi connectivity index (χ1n) is 7.23. The summed E-state index contributed by atoms with van der Waals surface area (Å²) in [4.78, 5) is 26.0. The van der Waals surface area contributed by atoms with E-state index >= 15 is 0 Å². The van der Waals surface area contributed by atoms with E-state index in [2.05, 4.69) is 5.32 Å². The molecule has 1 fully saturated rings. The van der Waals surface area contributed by atoms with Gasteiger partial charge in [0, 0.05) is 13.0 Å². The molecule has 1 aliphatic heterocycles. The summed E-state index contributed by atoms with van der Waals surface area (Å²) in [5, 5.41) is 11.8. The van der Waals surface area contributed by atoms with Gasteiger partial charge in [-0.15, -0.1) is 0 Å². The van der Waals surface area contributed by atoms with Gasteiger partial charge in [0.1, 0.15) is 12.1 Å². The van der Waals surface area contributed by atoms with Gasteiger partial charge < -0.3 is 10.2 Å². The Morgan fingerprint density at radius 1 is 1.33 bits per heavy atom. The fraction of sp³-hybridized carbons (Fsp3) is 0.438. The third-order valence-corrected chi connectivity index (χ3v) is 3.76. The van der Waals surface area contributed by atoms with Crippen LogP contribution >= 0.6 is 0 Å². The van der Waals surface area contributed by atoms with Gasteiger partial charge in [-0.05, 0) is 31.9 Å². The zero-order valence-corrected chi connectivity index (χ0v) is 12.1. The van der Waals surface area contributed by atoms with E-state index in [-0.39, 0.29) is 11.8 Å². The highest BCUT2D eigenvalue weighted by molar-refractivity contribution is 5.97. The number of amides is 2. The van der Waals surface area contributed by atoms with E-state index in [4.69, 9.17) is 5.26 Å². The smallest absolute Gasteiger partial charge is 0.246 e. The maximum atomic E-state index is 12.3. The Morgan fingerprint density at radius 3 is 2.86 bits per heavy atom. The van der Waals surface area contributed by atoms with Crippen LogP contribution in [0.5, 0.6) is 0 Å². The first-order chi connectivity index (χ1) is 10.1. The van der Waals surface area contributed by atoms with E-state index in [1.807, 2.05) is 6.07 Å². The molecule has 1 unspecified atom stereocenters. The van der Waals surface area contributed by atoms with Gasteiger partial charge in [-0.1, -0.05) is 18.6 Å². The molecule has 1 aliphatic rings. The average molecular weight is 285 g/mol. The van der Waals surface area contributed by atoms with E-state index < -0.39 is 6.04 Å². The van der Waals surface area contributed by atoms with Crippen LogP contribution < -0.4 is 5.32 Å². The summed E-state index contributed by atoms with van der Waals surface area (Å²) >= 11 is 0. The molecule has 110 valence electrons. The molecule has 0 aliphatic carbocycles. The lowest BCUT2D eigenvalue weighted by molar-refractivity contribution is -0.137. The monoisotopic (exact) mass is 285 g/mol. The molecule has 5 nitrogen and oxygen atoms in total. The number of nitrogens with zero attached hydrogens (tertiary/aromatic N) is 2. The molecule has 0 spiro atoms. The minimum Gasteiger partial charge on any atom is -0.331 e. The molecule has 1 saturated heterocycles. The lowest BCUT2D eigenvalue weighted by Gasteiger charge is -2.27. The third kappa shape index (κ3) is 3.60. The minimum absolute atomic E-state index is 0.0312. The molecule has 1 heterocycles. The average Bonchev–Trinajstić information content (AvgIpc) is 2.71. The highest BCUT2D eigenvalue weighted by Crippen LogP contribution is 2.17. The van der Waals surface area contributed by atoms with Gasteiger partial charge in [0.25, 0.3) is 0 Å². The number of nitrogens with one attached hydrogen (secondary N) is 1. The highest BCUT2D eigenvalue weighted by Gasteiger charge is 2.27. The number of carbonyl (C=O) groups excluding carboxylic acids is 2. The Balaban J connectivity index is 2.08. The minimum atomic E-state index is -0.526. The second-order valence-corrected chi connectivity index (χ2v) is 5.22. The van der Waals surface area contributed by atoms with Gasteiger partial charge in [0.15, 0.2) is 0 Å². The Labute approximate surface area is 124 Å². The van der Waals surface area contributed by atoms with Crippen LogP contribution in [0.2, 0.25) is 0 Å². The maximum absolute atomic E-state index is 12.3. The summed E-state index contributed by atoms with van der Waals surface area (Å²) in [5.41, 5.74) is 0.902. The van der Waals surface area contributed by atoms with Crippen LogP contribution in [0, 0.1) is 11.3 Å². The van der Waals surface area contributed by atoms with Crippen LogP contribution in [0.25, 0.3) is 0 Å². The molecule has 1 aromatic carbocycles. The predicted molar refractivity (Wildman–Crippen MR) is 79.4 cm³/mol. The van der Waals surface area contributed by atoms with E-state index in [9.17, 15) is 9.59 Å². The van der Waals surface area contributed by atoms with Gasteiger partial charge in [0.05, 0.1) is 11.3 Å². The van der Waals surface area contributed by atoms with Crippen molar-refractivity contribution in [3.05, 3.63) is 29.8 Å². The van der Waals surface area contributed by atoms with Crippen LogP contribution in [-0.2, 0) is 9.59 Å². The Morgan fingerprint density at radius 2 is 2.10 bits per heavy atom. The fourth-order valence-corrected chi connectivity index (χ4v) is 2.48. The van der Waals surface area contributed by atoms with E-state index in [0.717, 1.165) is 19.3 Å². The van der Waals surface area contributed by atoms with Crippen molar-refractivity contribution < 1.29 is 9.59 Å². The number of benzene rings is 1. The van der Waals surface area contributed by atoms with Crippen molar-refractivity contribution in [3.63, 3.8) is 0 Å². The molecule has 2 amide bonds. The lowest BCUT2D eigenvalue weighted by Crippen LogP contribution is -2.45. The van der Waals surface area contributed by atoms with E-state index in [1.54, 1.807) is 36.1 Å². The summed E-state index contributed by atoms with van der Waals surface area (Å²) < 4.78 is 0. The number of para-hydroxylation sites is 1. The van der Waals surface area contributed by atoms with Gasteiger partial charge in [-0.2, -0.15) is 5.26 Å². The van der Waals surface area contributed by atoms with Crippen molar-refractivity contribution in [2.45, 2.75) is 38.6 Å². The number of hydrogen-bond acceptors (Lipinski definition) is 3. The molecule has 0 aromatic heterocycles. The molecule has 0 radical (unpaired) electrons. The van der Waals surface area contributed by atoms with Crippen LogP contribution in [-0.4, -0.2) is 29.3 Å². The molecule has 21 heavy (non-hydrogen) atoms. The number of anilines is 1. The highest BCUT2D eigenvalue weighted by atomic mass is 16.2. The van der Waals surface area contributed by atoms with Crippen LogP contribution in [0.1, 0.15) is 38.2 Å². The SMILES string of the molecule is CC(C(=O)Nc1ccccc1C#N)N1CCCCCC1=O. The van der Waals surface area contributed by atoms with Crippen LogP contribution in [0.3, 0.4) is 0 Å². The third-order valence-electron chi connectivity index (χ3n) is 3.76. The largest absolute Gasteiger partial charge is 0.331 e. The zero-order valence-electron chi connectivity index (χ0n) is 12.1. The molecule has 1 N–H and O–H groups in total. The number of nitriles is 1. The molecule has 1 aromatic rings. The molecule has 0 bridgehead atoms. The number of carbonyl (C=O) groups is 2. The van der Waals surface area contributed by atoms with Crippen molar-refractivity contribution in [2.24, 2.45) is 0 Å². The molecular formula is C16H19N3O2. The zero-order chi connectivity index (χ0) is 15.2. The Bertz CT molecular complexity index is 577. The molecular weight excluding hydrogens is 266 g/mol. The van der Waals surface area contributed by atoms with Crippen molar-refractivity contribution in [1.29, 1.82) is 5.26 Å². The van der Waals surface area contributed by atoms with Crippen LogP contribution in [0.4, 0.5) is 5.69 Å². The van der Waals surface area contributed by atoms with Gasteiger partial charge >= 0.3 is 0 Å². The molecule has 5 heteroatoms. The van der Waals surface area contributed by atoms with Crippen molar-refractivity contribution in [1.82, 2.24) is 4.90 Å². The van der Waals surface area contributed by atoms with Crippen molar-refractivity contribution in [3.8, 4) is 6.07 Å². The standard InChI is InChI=1S/C16H19N3O2/c1-12(19-10-6-2-3-9-15(19)20)16(21)18-14-8-5-4-7-13(14)11-17/h4-5,7-8,12H,2-3,6,9-10H2,1H3,(H,18,21). The second kappa shape index (κ2) is 6.89. The van der Waals surface area contributed by atoms with Crippen molar-refractivity contribution >= 4 is 17.5 Å². The summed E-state index contributed by atoms with van der Waals surface area (Å²) in [6.45, 7) is 2.35. The van der Waals surface area contributed by atoms with E-state index in [1.165, 1.54) is 0 Å². The lowest BCUT2D eigenvalue weighted by atomic mass is 10.1. The first-order valence-corrected chi connectivity index (χ1v) is 7.23. The van der Waals surface area contributed by atoms with Gasteiger partial charge in [-0.25, -0.2) is 0 Å². The first kappa shape index (κ1) is 15.0. The predicted octanol–water partition coefficient (Wildman–Crippen LogP) is 2.29. The summed E-state index contributed by atoms with van der Waals surface area (Å²) in [6, 6.07) is 8.36. The van der Waals surface area contributed by atoms with Crippen molar-refractivity contribution in [2.75, 3.05) is 11.9 Å². The number of rotatable bonds is 3.